The smallest absolute Gasteiger partial charge is 0.257 e. The number of benzene rings is 3. The minimum atomic E-state index is -0.404. The highest BCUT2D eigenvalue weighted by molar-refractivity contribution is 7.98. The molecule has 0 aliphatic rings. The summed E-state index contributed by atoms with van der Waals surface area (Å²) in [4.78, 5) is 26.8. The van der Waals surface area contributed by atoms with Gasteiger partial charge in [0.25, 0.3) is 11.8 Å². The third-order valence-electron chi connectivity index (χ3n) is 4.51. The van der Waals surface area contributed by atoms with Crippen molar-refractivity contribution in [2.75, 3.05) is 6.26 Å². The third-order valence-corrected chi connectivity index (χ3v) is 5.25. The van der Waals surface area contributed by atoms with Crippen LogP contribution in [0.25, 0.3) is 6.08 Å². The van der Waals surface area contributed by atoms with Gasteiger partial charge in [-0.3, -0.25) is 9.59 Å². The molecule has 0 spiro atoms. The Labute approximate surface area is 181 Å². The van der Waals surface area contributed by atoms with Crippen LogP contribution in [-0.4, -0.2) is 18.1 Å². The van der Waals surface area contributed by atoms with E-state index < -0.39 is 11.8 Å². The Balaban J connectivity index is 1.76. The molecule has 3 aromatic carbocycles. The summed E-state index contributed by atoms with van der Waals surface area (Å²) in [6, 6.07) is 27.0. The number of nitrogens with one attached hydrogen (secondary N) is 2. The standard InChI is InChI=1S/C25H24N2O2S/c1-30-22-14-12-19(13-15-22)16-23(24(28)26-17-20-8-4-2-5-9-20)25(29)27-18-21-10-6-3-7-11-21/h2-16H,17-18H2,1H3,(H,26,28)(H,27,29). The molecule has 4 nitrogen and oxygen atoms in total. The zero-order valence-electron chi connectivity index (χ0n) is 16.8. The summed E-state index contributed by atoms with van der Waals surface area (Å²) >= 11 is 1.64. The maximum absolute atomic E-state index is 12.9. The maximum atomic E-state index is 12.9. The quantitative estimate of drug-likeness (QED) is 0.247. The largest absolute Gasteiger partial charge is 0.348 e. The number of rotatable bonds is 8. The van der Waals surface area contributed by atoms with Gasteiger partial charge >= 0.3 is 0 Å². The highest BCUT2D eigenvalue weighted by Crippen LogP contribution is 2.17. The average Bonchev–Trinajstić information content (AvgIpc) is 2.81. The van der Waals surface area contributed by atoms with Gasteiger partial charge in [0.2, 0.25) is 0 Å². The molecule has 5 heteroatoms. The number of carbonyl (C=O) groups is 2. The lowest BCUT2D eigenvalue weighted by Crippen LogP contribution is -2.34. The van der Waals surface area contributed by atoms with E-state index in [1.807, 2.05) is 91.2 Å². The van der Waals surface area contributed by atoms with Crippen LogP contribution in [0.4, 0.5) is 0 Å². The fourth-order valence-corrected chi connectivity index (χ4v) is 3.26. The first-order valence-electron chi connectivity index (χ1n) is 9.65. The van der Waals surface area contributed by atoms with Crippen molar-refractivity contribution in [3.05, 3.63) is 107 Å². The summed E-state index contributed by atoms with van der Waals surface area (Å²) in [5.74, 6) is -0.809. The molecule has 0 fully saturated rings. The zero-order chi connectivity index (χ0) is 21.2. The van der Waals surface area contributed by atoms with Crippen LogP contribution in [0.1, 0.15) is 16.7 Å². The summed E-state index contributed by atoms with van der Waals surface area (Å²) in [5.41, 5.74) is 2.82. The molecule has 0 aliphatic carbocycles. The van der Waals surface area contributed by atoms with Crippen molar-refractivity contribution >= 4 is 29.7 Å². The fraction of sp³-hybridized carbons (Fsp3) is 0.120. The number of thioether (sulfide) groups is 1. The molecule has 2 N–H and O–H groups in total. The van der Waals surface area contributed by atoms with E-state index >= 15 is 0 Å². The minimum Gasteiger partial charge on any atom is -0.348 e. The van der Waals surface area contributed by atoms with Crippen LogP contribution in [0.5, 0.6) is 0 Å². The van der Waals surface area contributed by atoms with E-state index in [0.29, 0.717) is 13.1 Å². The Kier molecular flexibility index (Phi) is 7.86. The van der Waals surface area contributed by atoms with Gasteiger partial charge in [0.05, 0.1) is 0 Å². The molecular weight excluding hydrogens is 392 g/mol. The Morgan fingerprint density at radius 1 is 0.733 bits per heavy atom. The molecule has 0 saturated carbocycles. The second-order valence-corrected chi connectivity index (χ2v) is 7.55. The van der Waals surface area contributed by atoms with Gasteiger partial charge in [-0.1, -0.05) is 72.8 Å². The molecule has 0 aliphatic heterocycles. The predicted octanol–water partition coefficient (Wildman–Crippen LogP) is 4.42. The maximum Gasteiger partial charge on any atom is 0.257 e. The van der Waals surface area contributed by atoms with Crippen LogP contribution in [0.3, 0.4) is 0 Å². The molecule has 0 radical (unpaired) electrons. The number of hydrogen-bond acceptors (Lipinski definition) is 3. The molecule has 152 valence electrons. The second kappa shape index (κ2) is 11.0. The third kappa shape index (κ3) is 6.36. The normalized spacial score (nSPS) is 10.2. The van der Waals surface area contributed by atoms with Crippen LogP contribution in [0.2, 0.25) is 0 Å². The van der Waals surface area contributed by atoms with Crippen molar-refractivity contribution < 1.29 is 9.59 Å². The van der Waals surface area contributed by atoms with Gasteiger partial charge in [0.15, 0.2) is 0 Å². The molecule has 3 aromatic rings. The van der Waals surface area contributed by atoms with Crippen LogP contribution < -0.4 is 10.6 Å². The first-order valence-corrected chi connectivity index (χ1v) is 10.9. The summed E-state index contributed by atoms with van der Waals surface area (Å²) < 4.78 is 0. The first-order chi connectivity index (χ1) is 14.7. The van der Waals surface area contributed by atoms with Gasteiger partial charge in [0.1, 0.15) is 5.57 Å². The van der Waals surface area contributed by atoms with Gasteiger partial charge in [-0.15, -0.1) is 11.8 Å². The summed E-state index contributed by atoms with van der Waals surface area (Å²) in [7, 11) is 0. The molecule has 0 atom stereocenters. The van der Waals surface area contributed by atoms with E-state index in [4.69, 9.17) is 0 Å². The lowest BCUT2D eigenvalue weighted by Gasteiger charge is -2.11. The zero-order valence-corrected chi connectivity index (χ0v) is 17.6. The number of hydrogen-bond donors (Lipinski definition) is 2. The summed E-state index contributed by atoms with van der Waals surface area (Å²) in [5, 5.41) is 5.70. The minimum absolute atomic E-state index is 0.0822. The number of carbonyl (C=O) groups excluding carboxylic acids is 2. The molecule has 3 rings (SSSR count). The highest BCUT2D eigenvalue weighted by atomic mass is 32.2. The molecule has 0 aromatic heterocycles. The fourth-order valence-electron chi connectivity index (χ4n) is 2.85. The predicted molar refractivity (Wildman–Crippen MR) is 123 cm³/mol. The van der Waals surface area contributed by atoms with Gasteiger partial charge in [-0.25, -0.2) is 0 Å². The van der Waals surface area contributed by atoms with E-state index in [9.17, 15) is 9.59 Å². The molecule has 0 bridgehead atoms. The van der Waals surface area contributed by atoms with E-state index in [2.05, 4.69) is 10.6 Å². The van der Waals surface area contributed by atoms with Crippen LogP contribution >= 0.6 is 11.8 Å². The van der Waals surface area contributed by atoms with Crippen molar-refractivity contribution in [2.24, 2.45) is 0 Å². The summed E-state index contributed by atoms with van der Waals surface area (Å²) in [6.45, 7) is 0.711. The van der Waals surface area contributed by atoms with Crippen LogP contribution in [-0.2, 0) is 22.7 Å². The monoisotopic (exact) mass is 416 g/mol. The van der Waals surface area contributed by atoms with Gasteiger partial charge in [0, 0.05) is 18.0 Å². The van der Waals surface area contributed by atoms with E-state index in [1.165, 1.54) is 0 Å². The Bertz CT molecular complexity index is 943. The summed E-state index contributed by atoms with van der Waals surface area (Å²) in [6.07, 6.45) is 3.63. The Hall–Kier alpha value is -3.31. The van der Waals surface area contributed by atoms with Gasteiger partial charge in [-0.2, -0.15) is 0 Å². The molecule has 2 amide bonds. The lowest BCUT2D eigenvalue weighted by atomic mass is 10.1. The molecule has 0 heterocycles. The average molecular weight is 417 g/mol. The number of amides is 2. The Morgan fingerprint density at radius 3 is 1.63 bits per heavy atom. The Morgan fingerprint density at radius 2 is 1.20 bits per heavy atom. The van der Waals surface area contributed by atoms with Crippen molar-refractivity contribution in [1.29, 1.82) is 0 Å². The van der Waals surface area contributed by atoms with Crippen LogP contribution in [0.15, 0.2) is 95.4 Å². The topological polar surface area (TPSA) is 58.2 Å². The van der Waals surface area contributed by atoms with E-state index in [0.717, 1.165) is 21.6 Å². The SMILES string of the molecule is CSc1ccc(C=C(C(=O)NCc2ccccc2)C(=O)NCc2ccccc2)cc1. The molecule has 30 heavy (non-hydrogen) atoms. The first kappa shape index (κ1) is 21.4. The van der Waals surface area contributed by atoms with E-state index in [1.54, 1.807) is 17.8 Å². The highest BCUT2D eigenvalue weighted by Gasteiger charge is 2.18. The molecular formula is C25H24N2O2S. The lowest BCUT2D eigenvalue weighted by molar-refractivity contribution is -0.123. The van der Waals surface area contributed by atoms with Gasteiger partial charge < -0.3 is 10.6 Å². The van der Waals surface area contributed by atoms with Crippen molar-refractivity contribution in [3.63, 3.8) is 0 Å². The van der Waals surface area contributed by atoms with Crippen LogP contribution in [0, 0.1) is 0 Å². The van der Waals surface area contributed by atoms with Crippen molar-refractivity contribution in [1.82, 2.24) is 10.6 Å². The van der Waals surface area contributed by atoms with Gasteiger partial charge in [-0.05, 0) is 41.2 Å². The van der Waals surface area contributed by atoms with Crippen molar-refractivity contribution in [3.8, 4) is 0 Å². The van der Waals surface area contributed by atoms with E-state index in [-0.39, 0.29) is 5.57 Å². The molecule has 0 saturated heterocycles. The van der Waals surface area contributed by atoms with Crippen molar-refractivity contribution in [2.45, 2.75) is 18.0 Å². The second-order valence-electron chi connectivity index (χ2n) is 6.67. The molecule has 0 unspecified atom stereocenters.